The standard InChI is InChI=1S/C12H8BrNO4/c1-6(13)11(15)14-8-2-3-9-7(4-8)5-10(18-9)12(16)17/h2-5H,1H2,(H,14,15)(H,16,17). The van der Waals surface area contributed by atoms with Gasteiger partial charge >= 0.3 is 5.97 Å². The molecule has 2 N–H and O–H groups in total. The Morgan fingerprint density at radius 3 is 2.67 bits per heavy atom. The number of carboxylic acid groups (broad SMARTS) is 1. The zero-order valence-electron chi connectivity index (χ0n) is 9.07. The fourth-order valence-electron chi connectivity index (χ4n) is 1.43. The summed E-state index contributed by atoms with van der Waals surface area (Å²) in [6, 6.07) is 6.23. The third-order valence-corrected chi connectivity index (χ3v) is 2.59. The number of fused-ring (bicyclic) bond motifs is 1. The van der Waals surface area contributed by atoms with Crippen LogP contribution in [0.1, 0.15) is 10.6 Å². The van der Waals surface area contributed by atoms with Crippen molar-refractivity contribution in [3.8, 4) is 0 Å². The molecule has 1 amide bonds. The Morgan fingerprint density at radius 2 is 2.06 bits per heavy atom. The van der Waals surface area contributed by atoms with Crippen molar-refractivity contribution in [1.82, 2.24) is 0 Å². The molecule has 92 valence electrons. The highest BCUT2D eigenvalue weighted by atomic mass is 79.9. The molecule has 2 aromatic rings. The third-order valence-electron chi connectivity index (χ3n) is 2.23. The van der Waals surface area contributed by atoms with Gasteiger partial charge < -0.3 is 14.8 Å². The van der Waals surface area contributed by atoms with Gasteiger partial charge in [0, 0.05) is 11.1 Å². The Hall–Kier alpha value is -2.08. The zero-order chi connectivity index (χ0) is 13.3. The van der Waals surface area contributed by atoms with Crippen LogP contribution in [0.25, 0.3) is 11.0 Å². The van der Waals surface area contributed by atoms with Crippen molar-refractivity contribution < 1.29 is 19.1 Å². The first kappa shape index (κ1) is 12.4. The van der Waals surface area contributed by atoms with Gasteiger partial charge in [-0.15, -0.1) is 0 Å². The van der Waals surface area contributed by atoms with Gasteiger partial charge in [-0.25, -0.2) is 4.79 Å². The van der Waals surface area contributed by atoms with Crippen LogP contribution in [0.4, 0.5) is 5.69 Å². The predicted molar refractivity (Wildman–Crippen MR) is 69.9 cm³/mol. The number of carbonyl (C=O) groups is 2. The molecule has 1 aromatic heterocycles. The fourth-order valence-corrected chi connectivity index (χ4v) is 1.52. The summed E-state index contributed by atoms with van der Waals surface area (Å²) >= 11 is 2.97. The van der Waals surface area contributed by atoms with E-state index in [0.29, 0.717) is 16.7 Å². The number of carboxylic acids is 1. The lowest BCUT2D eigenvalue weighted by molar-refractivity contribution is -0.112. The van der Waals surface area contributed by atoms with Crippen molar-refractivity contribution in [2.24, 2.45) is 0 Å². The first-order chi connectivity index (χ1) is 8.47. The van der Waals surface area contributed by atoms with Crippen LogP contribution in [0.3, 0.4) is 0 Å². The van der Waals surface area contributed by atoms with E-state index < -0.39 is 5.97 Å². The molecule has 2 rings (SSSR count). The van der Waals surface area contributed by atoms with Gasteiger partial charge in [-0.2, -0.15) is 0 Å². The molecule has 0 aliphatic carbocycles. The third kappa shape index (κ3) is 2.43. The number of amides is 1. The molecule has 0 fully saturated rings. The summed E-state index contributed by atoms with van der Waals surface area (Å²) in [6.45, 7) is 3.45. The van der Waals surface area contributed by atoms with Crippen LogP contribution < -0.4 is 5.32 Å². The van der Waals surface area contributed by atoms with E-state index in [4.69, 9.17) is 9.52 Å². The van der Waals surface area contributed by atoms with Crippen molar-refractivity contribution in [2.75, 3.05) is 5.32 Å². The second kappa shape index (κ2) is 4.66. The smallest absolute Gasteiger partial charge is 0.371 e. The van der Waals surface area contributed by atoms with Gasteiger partial charge in [0.15, 0.2) is 0 Å². The lowest BCUT2D eigenvalue weighted by Gasteiger charge is -2.02. The molecule has 0 saturated carbocycles. The number of anilines is 1. The molecule has 0 aliphatic rings. The van der Waals surface area contributed by atoms with E-state index in [1.807, 2.05) is 0 Å². The molecular formula is C12H8BrNO4. The summed E-state index contributed by atoms with van der Waals surface area (Å²) in [6.07, 6.45) is 0. The van der Waals surface area contributed by atoms with E-state index in [0.717, 1.165) is 0 Å². The molecule has 0 unspecified atom stereocenters. The topological polar surface area (TPSA) is 79.5 Å². The van der Waals surface area contributed by atoms with Gasteiger partial charge in [0.1, 0.15) is 5.58 Å². The number of furan rings is 1. The van der Waals surface area contributed by atoms with Crippen LogP contribution in [0.5, 0.6) is 0 Å². The minimum Gasteiger partial charge on any atom is -0.475 e. The number of hydrogen-bond donors (Lipinski definition) is 2. The summed E-state index contributed by atoms with van der Waals surface area (Å²) in [5.74, 6) is -1.64. The lowest BCUT2D eigenvalue weighted by atomic mass is 10.2. The number of rotatable bonds is 3. The second-order valence-corrected chi connectivity index (χ2v) is 4.48. The monoisotopic (exact) mass is 309 g/mol. The molecule has 6 heteroatoms. The Balaban J connectivity index is 2.35. The average Bonchev–Trinajstić information content (AvgIpc) is 2.71. The van der Waals surface area contributed by atoms with E-state index in [2.05, 4.69) is 27.8 Å². The fraction of sp³-hybridized carbons (Fsp3) is 0. The number of aromatic carboxylic acids is 1. The van der Waals surface area contributed by atoms with E-state index in [9.17, 15) is 9.59 Å². The van der Waals surface area contributed by atoms with Crippen LogP contribution in [0.15, 0.2) is 39.7 Å². The highest BCUT2D eigenvalue weighted by Gasteiger charge is 2.11. The Labute approximate surface area is 110 Å². The molecule has 5 nitrogen and oxygen atoms in total. The number of hydrogen-bond acceptors (Lipinski definition) is 3. The number of halogens is 1. The maximum atomic E-state index is 11.4. The summed E-state index contributed by atoms with van der Waals surface area (Å²) in [5, 5.41) is 12.0. The maximum absolute atomic E-state index is 11.4. The lowest BCUT2D eigenvalue weighted by Crippen LogP contribution is -2.10. The minimum absolute atomic E-state index is 0.140. The Bertz CT molecular complexity index is 659. The van der Waals surface area contributed by atoms with Crippen LogP contribution in [0, 0.1) is 0 Å². The zero-order valence-corrected chi connectivity index (χ0v) is 10.7. The van der Waals surface area contributed by atoms with Gasteiger partial charge in [-0.3, -0.25) is 4.79 Å². The van der Waals surface area contributed by atoms with E-state index >= 15 is 0 Å². The SMILES string of the molecule is C=C(Br)C(=O)Nc1ccc2oc(C(=O)O)cc2c1. The highest BCUT2D eigenvalue weighted by Crippen LogP contribution is 2.23. The molecule has 1 aromatic carbocycles. The van der Waals surface area contributed by atoms with E-state index in [1.165, 1.54) is 6.07 Å². The van der Waals surface area contributed by atoms with Gasteiger partial charge in [-0.1, -0.05) is 6.58 Å². The normalized spacial score (nSPS) is 10.3. The van der Waals surface area contributed by atoms with Crippen LogP contribution in [-0.2, 0) is 4.79 Å². The molecule has 18 heavy (non-hydrogen) atoms. The number of benzene rings is 1. The Kier molecular flexibility index (Phi) is 3.20. The van der Waals surface area contributed by atoms with Crippen molar-refractivity contribution in [3.05, 3.63) is 41.1 Å². The van der Waals surface area contributed by atoms with Crippen molar-refractivity contribution in [3.63, 3.8) is 0 Å². The summed E-state index contributed by atoms with van der Waals surface area (Å²) in [5.41, 5.74) is 0.980. The van der Waals surface area contributed by atoms with Gasteiger partial charge in [0.25, 0.3) is 5.91 Å². The summed E-state index contributed by atoms with van der Waals surface area (Å²) < 4.78 is 5.31. The van der Waals surface area contributed by atoms with Crippen molar-refractivity contribution in [1.29, 1.82) is 0 Å². The number of nitrogens with one attached hydrogen (secondary N) is 1. The van der Waals surface area contributed by atoms with E-state index in [1.54, 1.807) is 18.2 Å². The first-order valence-corrected chi connectivity index (χ1v) is 5.69. The molecule has 0 atom stereocenters. The quantitative estimate of drug-likeness (QED) is 0.854. The molecule has 0 radical (unpaired) electrons. The molecule has 0 aliphatic heterocycles. The average molecular weight is 310 g/mol. The van der Waals surface area contributed by atoms with Gasteiger partial charge in [-0.05, 0) is 40.2 Å². The molecule has 0 saturated heterocycles. The first-order valence-electron chi connectivity index (χ1n) is 4.90. The van der Waals surface area contributed by atoms with Crippen molar-refractivity contribution >= 4 is 44.5 Å². The van der Waals surface area contributed by atoms with E-state index in [-0.39, 0.29) is 16.1 Å². The number of carbonyl (C=O) groups excluding carboxylic acids is 1. The largest absolute Gasteiger partial charge is 0.475 e. The summed E-state index contributed by atoms with van der Waals surface area (Å²) in [7, 11) is 0. The molecule has 1 heterocycles. The van der Waals surface area contributed by atoms with Gasteiger partial charge in [0.05, 0.1) is 4.48 Å². The molecule has 0 spiro atoms. The maximum Gasteiger partial charge on any atom is 0.371 e. The second-order valence-electron chi connectivity index (χ2n) is 3.53. The van der Waals surface area contributed by atoms with Crippen LogP contribution >= 0.6 is 15.9 Å². The molecule has 0 bridgehead atoms. The van der Waals surface area contributed by atoms with Crippen LogP contribution in [-0.4, -0.2) is 17.0 Å². The highest BCUT2D eigenvalue weighted by molar-refractivity contribution is 9.12. The minimum atomic E-state index is -1.13. The van der Waals surface area contributed by atoms with Gasteiger partial charge in [0.2, 0.25) is 5.76 Å². The van der Waals surface area contributed by atoms with Crippen molar-refractivity contribution in [2.45, 2.75) is 0 Å². The Morgan fingerprint density at radius 1 is 1.33 bits per heavy atom. The summed E-state index contributed by atoms with van der Waals surface area (Å²) in [4.78, 5) is 22.1. The predicted octanol–water partition coefficient (Wildman–Crippen LogP) is 2.98. The van der Waals surface area contributed by atoms with Crippen LogP contribution in [0.2, 0.25) is 0 Å². The molecular weight excluding hydrogens is 302 g/mol.